The Morgan fingerprint density at radius 3 is 2.52 bits per heavy atom. The lowest BCUT2D eigenvalue weighted by Gasteiger charge is -2.14. The Kier molecular flexibility index (Phi) is 4.25. The van der Waals surface area contributed by atoms with Crippen LogP contribution in [0.15, 0.2) is 24.3 Å². The summed E-state index contributed by atoms with van der Waals surface area (Å²) in [7, 11) is 1.79. The minimum absolute atomic E-state index is 0.188. The summed E-state index contributed by atoms with van der Waals surface area (Å²) in [5.41, 5.74) is 1.72. The lowest BCUT2D eigenvalue weighted by Crippen LogP contribution is -2.19. The largest absolute Gasteiger partial charge is 0.484 e. The molecule has 6 heteroatoms. The lowest BCUT2D eigenvalue weighted by atomic mass is 10.0. The van der Waals surface area contributed by atoms with E-state index in [4.69, 9.17) is 4.74 Å². The van der Waals surface area contributed by atoms with Crippen molar-refractivity contribution in [2.24, 2.45) is 0 Å². The van der Waals surface area contributed by atoms with E-state index in [1.54, 1.807) is 19.2 Å². The SMILES string of the molecule is CNc1nc2ccc(OCC(F)(F)F)cc2cc1C(C)C. The number of benzene rings is 1. The molecule has 1 N–H and O–H groups in total. The van der Waals surface area contributed by atoms with Crippen LogP contribution < -0.4 is 10.1 Å². The molecule has 21 heavy (non-hydrogen) atoms. The second-order valence-corrected chi connectivity index (χ2v) is 5.09. The topological polar surface area (TPSA) is 34.2 Å². The lowest BCUT2D eigenvalue weighted by molar-refractivity contribution is -0.153. The third kappa shape index (κ3) is 3.77. The number of hydrogen-bond donors (Lipinski definition) is 1. The second-order valence-electron chi connectivity index (χ2n) is 5.09. The van der Waals surface area contributed by atoms with E-state index in [0.29, 0.717) is 5.52 Å². The molecule has 1 heterocycles. The number of nitrogens with one attached hydrogen (secondary N) is 1. The zero-order valence-electron chi connectivity index (χ0n) is 12.1. The first-order valence-corrected chi connectivity index (χ1v) is 6.62. The Morgan fingerprint density at radius 2 is 1.95 bits per heavy atom. The molecule has 1 aromatic carbocycles. The van der Waals surface area contributed by atoms with Crippen molar-refractivity contribution in [3.8, 4) is 5.75 Å². The van der Waals surface area contributed by atoms with Crippen molar-refractivity contribution in [1.82, 2.24) is 4.98 Å². The van der Waals surface area contributed by atoms with Crippen molar-refractivity contribution >= 4 is 16.7 Å². The number of aromatic nitrogens is 1. The van der Waals surface area contributed by atoms with E-state index in [2.05, 4.69) is 10.3 Å². The second kappa shape index (κ2) is 5.79. The zero-order chi connectivity index (χ0) is 15.6. The number of rotatable bonds is 4. The van der Waals surface area contributed by atoms with Gasteiger partial charge in [-0.25, -0.2) is 4.98 Å². The molecule has 0 spiro atoms. The van der Waals surface area contributed by atoms with E-state index < -0.39 is 12.8 Å². The number of nitrogens with zero attached hydrogens (tertiary/aromatic N) is 1. The van der Waals surface area contributed by atoms with Crippen molar-refractivity contribution in [3.05, 3.63) is 29.8 Å². The van der Waals surface area contributed by atoms with Crippen LogP contribution in [0.5, 0.6) is 5.75 Å². The maximum absolute atomic E-state index is 12.2. The van der Waals surface area contributed by atoms with E-state index in [9.17, 15) is 13.2 Å². The summed E-state index contributed by atoms with van der Waals surface area (Å²) in [5.74, 6) is 1.22. The smallest absolute Gasteiger partial charge is 0.422 e. The number of anilines is 1. The first-order valence-electron chi connectivity index (χ1n) is 6.62. The Balaban J connectivity index is 2.38. The van der Waals surface area contributed by atoms with E-state index in [0.717, 1.165) is 16.8 Å². The third-order valence-electron chi connectivity index (χ3n) is 3.08. The molecule has 2 rings (SSSR count). The fourth-order valence-electron chi connectivity index (χ4n) is 2.07. The maximum atomic E-state index is 12.2. The van der Waals surface area contributed by atoms with E-state index in [-0.39, 0.29) is 11.7 Å². The molecule has 0 aliphatic rings. The van der Waals surface area contributed by atoms with Gasteiger partial charge in [-0.15, -0.1) is 0 Å². The average molecular weight is 298 g/mol. The number of fused-ring (bicyclic) bond motifs is 1. The van der Waals surface area contributed by atoms with Gasteiger partial charge >= 0.3 is 6.18 Å². The molecule has 0 saturated heterocycles. The Bertz CT molecular complexity index is 639. The minimum atomic E-state index is -4.34. The standard InChI is InChI=1S/C15H17F3N2O/c1-9(2)12-7-10-6-11(21-8-15(16,17)18)4-5-13(10)20-14(12)19-3/h4-7,9H,8H2,1-3H3,(H,19,20). The molecule has 0 radical (unpaired) electrons. The normalized spacial score (nSPS) is 12.0. The van der Waals surface area contributed by atoms with Gasteiger partial charge in [-0.1, -0.05) is 13.8 Å². The van der Waals surface area contributed by atoms with Crippen molar-refractivity contribution in [1.29, 1.82) is 0 Å². The van der Waals surface area contributed by atoms with Crippen molar-refractivity contribution in [3.63, 3.8) is 0 Å². The van der Waals surface area contributed by atoms with Crippen LogP contribution in [0.3, 0.4) is 0 Å². The molecule has 0 aliphatic carbocycles. The van der Waals surface area contributed by atoms with Gasteiger partial charge in [-0.2, -0.15) is 13.2 Å². The van der Waals surface area contributed by atoms with Gasteiger partial charge in [0.1, 0.15) is 11.6 Å². The van der Waals surface area contributed by atoms with E-state index in [1.807, 2.05) is 19.9 Å². The predicted molar refractivity (Wildman–Crippen MR) is 76.9 cm³/mol. The number of alkyl halides is 3. The molecular formula is C15H17F3N2O. The van der Waals surface area contributed by atoms with Gasteiger partial charge in [0.15, 0.2) is 6.61 Å². The van der Waals surface area contributed by atoms with Gasteiger partial charge in [0, 0.05) is 12.4 Å². The molecule has 0 aliphatic heterocycles. The Hall–Kier alpha value is -1.98. The molecule has 2 aromatic rings. The van der Waals surface area contributed by atoms with E-state index in [1.165, 1.54) is 6.07 Å². The molecule has 0 unspecified atom stereocenters. The van der Waals surface area contributed by atoms with Crippen LogP contribution in [0, 0.1) is 0 Å². The zero-order valence-corrected chi connectivity index (χ0v) is 12.1. The highest BCUT2D eigenvalue weighted by Crippen LogP contribution is 2.29. The van der Waals surface area contributed by atoms with Crippen LogP contribution in [-0.4, -0.2) is 24.8 Å². The van der Waals surface area contributed by atoms with Crippen LogP contribution in [0.1, 0.15) is 25.3 Å². The molecule has 1 aromatic heterocycles. The summed E-state index contributed by atoms with van der Waals surface area (Å²) in [4.78, 5) is 4.48. The highest BCUT2D eigenvalue weighted by atomic mass is 19.4. The van der Waals surface area contributed by atoms with Gasteiger partial charge < -0.3 is 10.1 Å². The summed E-state index contributed by atoms with van der Waals surface area (Å²) in [6.07, 6.45) is -4.34. The van der Waals surface area contributed by atoms with Crippen LogP contribution >= 0.6 is 0 Å². The molecule has 0 saturated carbocycles. The molecule has 0 atom stereocenters. The molecule has 0 amide bonds. The van der Waals surface area contributed by atoms with Crippen molar-refractivity contribution < 1.29 is 17.9 Å². The summed E-state index contributed by atoms with van der Waals surface area (Å²) < 4.78 is 41.3. The fourth-order valence-corrected chi connectivity index (χ4v) is 2.07. The van der Waals surface area contributed by atoms with Crippen LogP contribution in [0.4, 0.5) is 19.0 Å². The van der Waals surface area contributed by atoms with Gasteiger partial charge in [0.2, 0.25) is 0 Å². The van der Waals surface area contributed by atoms with Gasteiger partial charge in [-0.05, 0) is 35.7 Å². The summed E-state index contributed by atoms with van der Waals surface area (Å²) in [6.45, 7) is 2.78. The Morgan fingerprint density at radius 1 is 1.24 bits per heavy atom. The predicted octanol–water partition coefficient (Wildman–Crippen LogP) is 4.34. The van der Waals surface area contributed by atoms with Crippen LogP contribution in [0.25, 0.3) is 10.9 Å². The van der Waals surface area contributed by atoms with Crippen LogP contribution in [0.2, 0.25) is 0 Å². The Labute approximate surface area is 121 Å². The van der Waals surface area contributed by atoms with Gasteiger partial charge in [-0.3, -0.25) is 0 Å². The minimum Gasteiger partial charge on any atom is -0.484 e. The average Bonchev–Trinajstić information content (AvgIpc) is 2.42. The van der Waals surface area contributed by atoms with Gasteiger partial charge in [0.05, 0.1) is 5.52 Å². The summed E-state index contributed by atoms with van der Waals surface area (Å²) in [5, 5.41) is 3.80. The maximum Gasteiger partial charge on any atom is 0.422 e. The molecule has 0 bridgehead atoms. The molecule has 3 nitrogen and oxygen atoms in total. The third-order valence-corrected chi connectivity index (χ3v) is 3.08. The number of pyridine rings is 1. The van der Waals surface area contributed by atoms with E-state index >= 15 is 0 Å². The highest BCUT2D eigenvalue weighted by Gasteiger charge is 2.28. The summed E-state index contributed by atoms with van der Waals surface area (Å²) in [6, 6.07) is 6.67. The van der Waals surface area contributed by atoms with Crippen molar-refractivity contribution in [2.45, 2.75) is 25.9 Å². The highest BCUT2D eigenvalue weighted by molar-refractivity contribution is 5.83. The molecule has 114 valence electrons. The molecular weight excluding hydrogens is 281 g/mol. The fraction of sp³-hybridized carbons (Fsp3) is 0.400. The first-order chi connectivity index (χ1) is 9.80. The first kappa shape index (κ1) is 15.4. The monoisotopic (exact) mass is 298 g/mol. The number of hydrogen-bond acceptors (Lipinski definition) is 3. The number of halogens is 3. The quantitative estimate of drug-likeness (QED) is 0.911. The molecule has 0 fully saturated rings. The van der Waals surface area contributed by atoms with Crippen LogP contribution in [-0.2, 0) is 0 Å². The van der Waals surface area contributed by atoms with Crippen molar-refractivity contribution in [2.75, 3.05) is 19.0 Å². The van der Waals surface area contributed by atoms with Gasteiger partial charge in [0.25, 0.3) is 0 Å². The summed E-state index contributed by atoms with van der Waals surface area (Å²) >= 11 is 0. The number of ether oxygens (including phenoxy) is 1.